The van der Waals surface area contributed by atoms with Crippen LogP contribution in [0.3, 0.4) is 0 Å². The van der Waals surface area contributed by atoms with E-state index in [1.807, 2.05) is 31.2 Å². The lowest BCUT2D eigenvalue weighted by molar-refractivity contribution is -0.128. The Bertz CT molecular complexity index is 583. The van der Waals surface area contributed by atoms with Crippen molar-refractivity contribution in [2.24, 2.45) is 5.14 Å². The molecule has 0 bridgehead atoms. The number of benzene rings is 1. The van der Waals surface area contributed by atoms with Gasteiger partial charge in [0.15, 0.2) is 0 Å². The van der Waals surface area contributed by atoms with E-state index in [0.29, 0.717) is 13.2 Å². The molecule has 0 aromatic heterocycles. The second-order valence-corrected chi connectivity index (χ2v) is 6.61. The Morgan fingerprint density at radius 2 is 2.00 bits per heavy atom. The van der Waals surface area contributed by atoms with Gasteiger partial charge in [0.25, 0.3) is 0 Å². The van der Waals surface area contributed by atoms with E-state index < -0.39 is 15.3 Å². The summed E-state index contributed by atoms with van der Waals surface area (Å²) in [7, 11) is -3.66. The normalized spacial score (nSPS) is 19.4. The number of likely N-dealkylation sites (tertiary alicyclic amines) is 1. The number of sulfonamides is 1. The van der Waals surface area contributed by atoms with E-state index in [1.54, 1.807) is 0 Å². The molecule has 0 aliphatic carbocycles. The van der Waals surface area contributed by atoms with Crippen LogP contribution in [0.1, 0.15) is 18.9 Å². The zero-order valence-corrected chi connectivity index (χ0v) is 12.1. The third-order valence-corrected chi connectivity index (χ3v) is 4.50. The number of nitrogens with zero attached hydrogens (tertiary/aromatic N) is 1. The molecule has 1 atom stereocenters. The van der Waals surface area contributed by atoms with Crippen molar-refractivity contribution in [2.45, 2.75) is 25.1 Å². The first-order chi connectivity index (χ1) is 9.40. The first-order valence-corrected chi connectivity index (χ1v) is 8.02. The number of hydrogen-bond acceptors (Lipinski definition) is 4. The lowest BCUT2D eigenvalue weighted by Crippen LogP contribution is -2.31. The van der Waals surface area contributed by atoms with Crippen molar-refractivity contribution in [2.75, 3.05) is 13.2 Å². The van der Waals surface area contributed by atoms with Crippen LogP contribution in [0.2, 0.25) is 0 Å². The molecule has 6 nitrogen and oxygen atoms in total. The van der Waals surface area contributed by atoms with Gasteiger partial charge in [-0.25, -0.2) is 13.6 Å². The number of carbonyl (C=O) groups is 1. The summed E-state index contributed by atoms with van der Waals surface area (Å²) in [6.45, 7) is 3.05. The zero-order chi connectivity index (χ0) is 14.8. The fraction of sp³-hybridized carbons (Fsp3) is 0.462. The number of nitrogens with two attached hydrogens (primary N) is 1. The highest BCUT2D eigenvalue weighted by Crippen LogP contribution is 2.20. The van der Waals surface area contributed by atoms with Crippen LogP contribution in [0.4, 0.5) is 0 Å². The summed E-state index contributed by atoms with van der Waals surface area (Å²) in [5.41, 5.74) is 0.928. The van der Waals surface area contributed by atoms with E-state index in [0.717, 1.165) is 11.3 Å². The molecule has 2 rings (SSSR count). The fourth-order valence-electron chi connectivity index (χ4n) is 2.19. The summed E-state index contributed by atoms with van der Waals surface area (Å²) in [6.07, 6.45) is -0.0319. The Labute approximate surface area is 118 Å². The molecule has 1 aliphatic rings. The van der Waals surface area contributed by atoms with Gasteiger partial charge in [-0.2, -0.15) is 0 Å². The average molecular weight is 298 g/mol. The van der Waals surface area contributed by atoms with E-state index in [2.05, 4.69) is 0 Å². The highest BCUT2D eigenvalue weighted by Gasteiger charge is 2.36. The number of ether oxygens (including phenoxy) is 1. The maximum Gasteiger partial charge on any atom is 0.224 e. The molecule has 0 saturated carbocycles. The van der Waals surface area contributed by atoms with Crippen LogP contribution >= 0.6 is 0 Å². The smallest absolute Gasteiger partial charge is 0.224 e. The maximum atomic E-state index is 11.8. The molecule has 0 radical (unpaired) electrons. The minimum absolute atomic E-state index is 0.0319. The molecule has 2 N–H and O–H groups in total. The van der Waals surface area contributed by atoms with Gasteiger partial charge in [0.1, 0.15) is 11.0 Å². The van der Waals surface area contributed by atoms with Gasteiger partial charge in [-0.3, -0.25) is 4.79 Å². The highest BCUT2D eigenvalue weighted by atomic mass is 32.2. The Morgan fingerprint density at radius 3 is 2.50 bits per heavy atom. The molecule has 20 heavy (non-hydrogen) atoms. The Hall–Kier alpha value is -1.60. The minimum Gasteiger partial charge on any atom is -0.494 e. The number of carbonyl (C=O) groups excluding carboxylic acids is 1. The molecule has 1 aromatic rings. The number of rotatable bonds is 5. The average Bonchev–Trinajstić information content (AvgIpc) is 2.74. The summed E-state index contributed by atoms with van der Waals surface area (Å²) in [6, 6.07) is 7.39. The molecule has 0 spiro atoms. The summed E-state index contributed by atoms with van der Waals surface area (Å²) in [5.74, 6) is 0.587. The van der Waals surface area contributed by atoms with E-state index in [4.69, 9.17) is 9.88 Å². The van der Waals surface area contributed by atoms with Crippen molar-refractivity contribution in [3.8, 4) is 5.75 Å². The standard InChI is InChI=1S/C13H18N2O4S/c1-2-19-11-5-3-10(4-6-11)8-15-9-12(7-13(15)16)20(14,17)18/h3-6,12H,2,7-9H2,1H3,(H2,14,17,18). The molecule has 1 heterocycles. The van der Waals surface area contributed by atoms with Crippen molar-refractivity contribution in [1.82, 2.24) is 4.90 Å². The van der Waals surface area contributed by atoms with Crippen LogP contribution in [-0.4, -0.2) is 37.6 Å². The Balaban J connectivity index is 2.01. The molecular formula is C13H18N2O4S. The fourth-order valence-corrected chi connectivity index (χ4v) is 2.95. The first kappa shape index (κ1) is 14.8. The second-order valence-electron chi connectivity index (χ2n) is 4.77. The van der Waals surface area contributed by atoms with Crippen molar-refractivity contribution < 1.29 is 17.9 Å². The van der Waals surface area contributed by atoms with Crippen molar-refractivity contribution in [1.29, 1.82) is 0 Å². The molecule has 110 valence electrons. The van der Waals surface area contributed by atoms with E-state index in [1.165, 1.54) is 4.90 Å². The molecule has 1 amide bonds. The number of primary sulfonamides is 1. The number of amides is 1. The van der Waals surface area contributed by atoms with Crippen molar-refractivity contribution in [3.63, 3.8) is 0 Å². The third kappa shape index (κ3) is 3.49. The van der Waals surface area contributed by atoms with Crippen LogP contribution in [0.25, 0.3) is 0 Å². The Morgan fingerprint density at radius 1 is 1.35 bits per heavy atom. The van der Waals surface area contributed by atoms with Gasteiger partial charge >= 0.3 is 0 Å². The predicted octanol–water partition coefficient (Wildman–Crippen LogP) is 0.475. The molecule has 1 unspecified atom stereocenters. The highest BCUT2D eigenvalue weighted by molar-refractivity contribution is 7.89. The summed E-state index contributed by atoms with van der Waals surface area (Å²) >= 11 is 0. The molecule has 1 aliphatic heterocycles. The largest absolute Gasteiger partial charge is 0.494 e. The second kappa shape index (κ2) is 5.80. The SMILES string of the molecule is CCOc1ccc(CN2CC(S(N)(=O)=O)CC2=O)cc1. The lowest BCUT2D eigenvalue weighted by atomic mass is 10.2. The monoisotopic (exact) mass is 298 g/mol. The zero-order valence-electron chi connectivity index (χ0n) is 11.3. The van der Waals surface area contributed by atoms with Gasteiger partial charge in [0.05, 0.1) is 6.61 Å². The van der Waals surface area contributed by atoms with Crippen LogP contribution in [0.15, 0.2) is 24.3 Å². The van der Waals surface area contributed by atoms with E-state index in [-0.39, 0.29) is 18.9 Å². The van der Waals surface area contributed by atoms with Crippen molar-refractivity contribution in [3.05, 3.63) is 29.8 Å². The topological polar surface area (TPSA) is 89.7 Å². The van der Waals surface area contributed by atoms with Crippen LogP contribution < -0.4 is 9.88 Å². The summed E-state index contributed by atoms with van der Waals surface area (Å²) < 4.78 is 27.9. The predicted molar refractivity (Wildman–Crippen MR) is 74.5 cm³/mol. The molecule has 1 aromatic carbocycles. The summed E-state index contributed by atoms with van der Waals surface area (Å²) in [5, 5.41) is 4.29. The van der Waals surface area contributed by atoms with Gasteiger partial charge in [0, 0.05) is 19.5 Å². The molecule has 7 heteroatoms. The van der Waals surface area contributed by atoms with Gasteiger partial charge in [0.2, 0.25) is 15.9 Å². The molecular weight excluding hydrogens is 280 g/mol. The van der Waals surface area contributed by atoms with Gasteiger partial charge in [-0.15, -0.1) is 0 Å². The van der Waals surface area contributed by atoms with Crippen LogP contribution in [-0.2, 0) is 21.4 Å². The first-order valence-electron chi connectivity index (χ1n) is 6.41. The van der Waals surface area contributed by atoms with E-state index in [9.17, 15) is 13.2 Å². The third-order valence-electron chi connectivity index (χ3n) is 3.25. The molecule has 1 fully saturated rings. The van der Waals surface area contributed by atoms with Gasteiger partial charge < -0.3 is 9.64 Å². The van der Waals surface area contributed by atoms with Crippen molar-refractivity contribution >= 4 is 15.9 Å². The maximum absolute atomic E-state index is 11.8. The van der Waals surface area contributed by atoms with Crippen LogP contribution in [0, 0.1) is 0 Å². The van der Waals surface area contributed by atoms with Gasteiger partial charge in [-0.05, 0) is 24.6 Å². The van der Waals surface area contributed by atoms with Crippen LogP contribution in [0.5, 0.6) is 5.75 Å². The Kier molecular flexibility index (Phi) is 4.29. The molecule has 1 saturated heterocycles. The quantitative estimate of drug-likeness (QED) is 0.856. The summed E-state index contributed by atoms with van der Waals surface area (Å²) in [4.78, 5) is 13.3. The minimum atomic E-state index is -3.66. The lowest BCUT2D eigenvalue weighted by Gasteiger charge is -2.16. The van der Waals surface area contributed by atoms with E-state index >= 15 is 0 Å². The number of hydrogen-bond donors (Lipinski definition) is 1. The van der Waals surface area contributed by atoms with Gasteiger partial charge in [-0.1, -0.05) is 12.1 Å².